The summed E-state index contributed by atoms with van der Waals surface area (Å²) in [5, 5.41) is 0. The summed E-state index contributed by atoms with van der Waals surface area (Å²) in [7, 11) is 0. The lowest BCUT2D eigenvalue weighted by atomic mass is 9.69. The largest absolute Gasteiger partial charge is 0.342 e. The van der Waals surface area contributed by atoms with Crippen LogP contribution in [0, 0.1) is 42.2 Å². The molecule has 5 rings (SSSR count). The van der Waals surface area contributed by atoms with Crippen LogP contribution in [-0.2, 0) is 19.5 Å². The van der Waals surface area contributed by atoms with Gasteiger partial charge in [-0.05, 0) is 67.7 Å². The predicted molar refractivity (Wildman–Crippen MR) is 155 cm³/mol. The lowest BCUT2D eigenvalue weighted by Gasteiger charge is -2.39. The Hall–Kier alpha value is -3.31. The highest BCUT2D eigenvalue weighted by Crippen LogP contribution is 2.39. The Morgan fingerprint density at radius 3 is 2.13 bits per heavy atom. The molecule has 0 bridgehead atoms. The van der Waals surface area contributed by atoms with Gasteiger partial charge in [-0.15, -0.1) is 0 Å². The Morgan fingerprint density at radius 2 is 1.54 bits per heavy atom. The fourth-order valence-electron chi connectivity index (χ4n) is 6.26. The zero-order chi connectivity index (χ0) is 27.5. The van der Waals surface area contributed by atoms with Crippen molar-refractivity contribution in [3.63, 3.8) is 0 Å². The molecule has 0 fully saturated rings. The van der Waals surface area contributed by atoms with Crippen molar-refractivity contribution in [3.8, 4) is 0 Å². The minimum absolute atomic E-state index is 0.215. The Labute approximate surface area is 231 Å². The van der Waals surface area contributed by atoms with Gasteiger partial charge in [-0.2, -0.15) is 0 Å². The third kappa shape index (κ3) is 6.30. The molecule has 1 N–H and O–H groups in total. The molecule has 5 heteroatoms. The monoisotopic (exact) mass is 527 g/mol. The van der Waals surface area contributed by atoms with Crippen LogP contribution in [0.2, 0.25) is 0 Å². The van der Waals surface area contributed by atoms with Crippen molar-refractivity contribution >= 4 is 11.0 Å². The number of aryl methyl sites for hydroxylation is 1. The molecule has 4 aromatic rings. The van der Waals surface area contributed by atoms with Gasteiger partial charge in [-0.1, -0.05) is 74.0 Å². The number of imidazole rings is 1. The van der Waals surface area contributed by atoms with E-state index in [0.29, 0.717) is 47.9 Å². The molecule has 1 aromatic heterocycles. The molecular formula is C34H39F2N3. The van der Waals surface area contributed by atoms with Gasteiger partial charge in [0.25, 0.3) is 0 Å². The number of aromatic nitrogens is 2. The van der Waals surface area contributed by atoms with E-state index in [4.69, 9.17) is 4.98 Å². The third-order valence-corrected chi connectivity index (χ3v) is 8.46. The lowest BCUT2D eigenvalue weighted by Crippen LogP contribution is -2.37. The van der Waals surface area contributed by atoms with E-state index in [2.05, 4.69) is 61.9 Å². The Kier molecular flexibility index (Phi) is 8.27. The van der Waals surface area contributed by atoms with Crippen molar-refractivity contribution in [1.82, 2.24) is 14.9 Å². The summed E-state index contributed by atoms with van der Waals surface area (Å²) in [5.41, 5.74) is 6.01. The molecule has 0 saturated heterocycles. The van der Waals surface area contributed by atoms with Crippen LogP contribution in [0.25, 0.3) is 11.0 Å². The molecule has 0 amide bonds. The van der Waals surface area contributed by atoms with Crippen LogP contribution in [0.5, 0.6) is 0 Å². The fraction of sp³-hybridized carbons (Fsp3) is 0.382. The molecule has 1 heterocycles. The van der Waals surface area contributed by atoms with E-state index in [1.807, 2.05) is 24.3 Å². The first-order valence-corrected chi connectivity index (χ1v) is 14.1. The van der Waals surface area contributed by atoms with Gasteiger partial charge in [-0.25, -0.2) is 13.8 Å². The minimum Gasteiger partial charge on any atom is -0.342 e. The number of hydrogen-bond acceptors (Lipinski definition) is 2. The third-order valence-electron chi connectivity index (χ3n) is 8.46. The Bertz CT molecular complexity index is 1410. The summed E-state index contributed by atoms with van der Waals surface area (Å²) in [6, 6.07) is 20.1. The molecule has 204 valence electrons. The Balaban J connectivity index is 1.39. The number of allylic oxidation sites excluding steroid dienone is 1. The van der Waals surface area contributed by atoms with Crippen LogP contribution in [0.4, 0.5) is 8.78 Å². The normalized spacial score (nSPS) is 19.7. The maximum Gasteiger partial charge on any atom is 0.127 e. The van der Waals surface area contributed by atoms with Gasteiger partial charge in [-0.3, -0.25) is 4.90 Å². The van der Waals surface area contributed by atoms with Crippen molar-refractivity contribution in [3.05, 3.63) is 113 Å². The van der Waals surface area contributed by atoms with Gasteiger partial charge >= 0.3 is 0 Å². The van der Waals surface area contributed by atoms with Crippen LogP contribution in [-0.4, -0.2) is 21.4 Å². The summed E-state index contributed by atoms with van der Waals surface area (Å²) in [5.74, 6) is 2.29. The minimum atomic E-state index is -0.215. The smallest absolute Gasteiger partial charge is 0.127 e. The molecule has 0 aliphatic heterocycles. The maximum absolute atomic E-state index is 14.7. The number of aromatic amines is 1. The number of halogens is 2. The maximum atomic E-state index is 14.7. The topological polar surface area (TPSA) is 31.9 Å². The fourth-order valence-corrected chi connectivity index (χ4v) is 6.26. The number of fused-ring (bicyclic) bond motifs is 1. The first-order chi connectivity index (χ1) is 18.8. The number of H-pyrrole nitrogens is 1. The van der Waals surface area contributed by atoms with Crippen molar-refractivity contribution < 1.29 is 8.78 Å². The summed E-state index contributed by atoms with van der Waals surface area (Å²) in [6.07, 6.45) is 4.40. The average Bonchev–Trinajstić information content (AvgIpc) is 3.32. The summed E-state index contributed by atoms with van der Waals surface area (Å²) >= 11 is 0. The van der Waals surface area contributed by atoms with Gasteiger partial charge in [0.1, 0.15) is 17.5 Å². The highest BCUT2D eigenvalue weighted by atomic mass is 19.1. The molecule has 1 aliphatic rings. The van der Waals surface area contributed by atoms with E-state index < -0.39 is 0 Å². The molecule has 0 radical (unpaired) electrons. The van der Waals surface area contributed by atoms with E-state index in [0.717, 1.165) is 36.2 Å². The molecule has 3 atom stereocenters. The van der Waals surface area contributed by atoms with Gasteiger partial charge in [0.2, 0.25) is 0 Å². The van der Waals surface area contributed by atoms with E-state index in [1.165, 1.54) is 23.3 Å². The number of benzene rings is 3. The summed E-state index contributed by atoms with van der Waals surface area (Å²) in [6.45, 7) is 10.6. The second-order valence-electron chi connectivity index (χ2n) is 11.6. The van der Waals surface area contributed by atoms with Crippen LogP contribution in [0.15, 0.2) is 78.4 Å². The lowest BCUT2D eigenvalue weighted by molar-refractivity contribution is 0.149. The zero-order valence-corrected chi connectivity index (χ0v) is 23.4. The van der Waals surface area contributed by atoms with Crippen LogP contribution >= 0.6 is 0 Å². The van der Waals surface area contributed by atoms with Crippen molar-refractivity contribution in [2.45, 2.75) is 53.6 Å². The molecule has 3 aromatic carbocycles. The molecular weight excluding hydrogens is 488 g/mol. The highest BCUT2D eigenvalue weighted by molar-refractivity contribution is 5.78. The second kappa shape index (κ2) is 11.8. The first-order valence-electron chi connectivity index (χ1n) is 14.1. The molecule has 0 spiro atoms. The second-order valence-corrected chi connectivity index (χ2v) is 11.6. The SMILES string of the molecule is CC1=C[C@@H](CN(Cc2ccccc2F)Cc2ccccc2F)[C@H](C(C)C)C[C@H]1Cc1nc2c(C)cccc2[nH]1. The van der Waals surface area contributed by atoms with Gasteiger partial charge in [0, 0.05) is 37.2 Å². The highest BCUT2D eigenvalue weighted by Gasteiger charge is 2.33. The molecule has 0 saturated carbocycles. The summed E-state index contributed by atoms with van der Waals surface area (Å²) < 4.78 is 29.3. The molecule has 1 aliphatic carbocycles. The number of nitrogens with one attached hydrogen (secondary N) is 1. The number of rotatable bonds is 9. The molecule has 3 nitrogen and oxygen atoms in total. The predicted octanol–water partition coefficient (Wildman–Crippen LogP) is 8.25. The number of nitrogens with zero attached hydrogens (tertiary/aromatic N) is 2. The van der Waals surface area contributed by atoms with Crippen LogP contribution in [0.3, 0.4) is 0 Å². The number of para-hydroxylation sites is 1. The first kappa shape index (κ1) is 27.3. The van der Waals surface area contributed by atoms with Gasteiger partial charge < -0.3 is 4.98 Å². The van der Waals surface area contributed by atoms with Crippen LogP contribution in [0.1, 0.15) is 49.7 Å². The molecule has 39 heavy (non-hydrogen) atoms. The van der Waals surface area contributed by atoms with Crippen molar-refractivity contribution in [1.29, 1.82) is 0 Å². The number of hydrogen-bond donors (Lipinski definition) is 1. The van der Waals surface area contributed by atoms with E-state index in [-0.39, 0.29) is 11.6 Å². The van der Waals surface area contributed by atoms with Crippen LogP contribution < -0.4 is 0 Å². The van der Waals surface area contributed by atoms with Crippen molar-refractivity contribution in [2.75, 3.05) is 6.54 Å². The van der Waals surface area contributed by atoms with E-state index >= 15 is 0 Å². The van der Waals surface area contributed by atoms with Gasteiger partial charge in [0.15, 0.2) is 0 Å². The zero-order valence-electron chi connectivity index (χ0n) is 23.4. The quantitative estimate of drug-likeness (QED) is 0.222. The summed E-state index contributed by atoms with van der Waals surface area (Å²) in [4.78, 5) is 10.7. The van der Waals surface area contributed by atoms with Gasteiger partial charge in [0.05, 0.1) is 11.0 Å². The van der Waals surface area contributed by atoms with E-state index in [9.17, 15) is 8.78 Å². The Morgan fingerprint density at radius 1 is 0.897 bits per heavy atom. The standard InChI is InChI=1S/C34H39F2N3/c1-22(2)29-17-27(18-33-37-32-15-9-10-23(3)34(32)38-33)24(4)16-28(29)21-39(19-25-11-5-7-13-30(25)35)20-26-12-6-8-14-31(26)36/h5-16,22,27-29H,17-21H2,1-4H3,(H,37,38)/t27-,28-,29-/m0/s1. The van der Waals surface area contributed by atoms with Crippen molar-refractivity contribution in [2.24, 2.45) is 23.7 Å². The molecule has 0 unspecified atom stereocenters. The van der Waals surface area contributed by atoms with E-state index in [1.54, 1.807) is 12.1 Å². The average molecular weight is 528 g/mol.